The van der Waals surface area contributed by atoms with Crippen LogP contribution < -0.4 is 10.6 Å². The standard InChI is InChI=1S/C10H15N3O3/c11-3-4-12-9(14)10(15)13-6-8-2-1-5-16-7-8/h8H,1-2,4-7H2,(H,12,14)(H,13,15). The van der Waals surface area contributed by atoms with Gasteiger partial charge in [-0.15, -0.1) is 0 Å². The van der Waals surface area contributed by atoms with Gasteiger partial charge >= 0.3 is 11.8 Å². The normalized spacial score (nSPS) is 19.6. The summed E-state index contributed by atoms with van der Waals surface area (Å²) in [4.78, 5) is 22.3. The molecule has 1 saturated heterocycles. The number of rotatable bonds is 3. The van der Waals surface area contributed by atoms with Crippen molar-refractivity contribution in [2.45, 2.75) is 12.8 Å². The predicted molar refractivity (Wildman–Crippen MR) is 55.2 cm³/mol. The van der Waals surface area contributed by atoms with E-state index in [4.69, 9.17) is 10.00 Å². The van der Waals surface area contributed by atoms with Gasteiger partial charge in [-0.3, -0.25) is 9.59 Å². The molecule has 0 spiro atoms. The van der Waals surface area contributed by atoms with Crippen molar-refractivity contribution in [2.24, 2.45) is 5.92 Å². The molecule has 0 aromatic heterocycles. The minimum Gasteiger partial charge on any atom is -0.381 e. The van der Waals surface area contributed by atoms with E-state index in [1.807, 2.05) is 0 Å². The second-order valence-corrected chi connectivity index (χ2v) is 3.63. The third kappa shape index (κ3) is 4.28. The van der Waals surface area contributed by atoms with E-state index >= 15 is 0 Å². The van der Waals surface area contributed by atoms with Crippen molar-refractivity contribution >= 4 is 11.8 Å². The van der Waals surface area contributed by atoms with Gasteiger partial charge in [0, 0.05) is 13.2 Å². The summed E-state index contributed by atoms with van der Waals surface area (Å²) in [7, 11) is 0. The number of nitrogens with zero attached hydrogens (tertiary/aromatic N) is 1. The predicted octanol–water partition coefficient (Wildman–Crippen LogP) is -0.831. The highest BCUT2D eigenvalue weighted by molar-refractivity contribution is 6.35. The summed E-state index contributed by atoms with van der Waals surface area (Å²) < 4.78 is 5.24. The molecule has 1 aliphatic heterocycles. The summed E-state index contributed by atoms with van der Waals surface area (Å²) in [5.41, 5.74) is 0. The fraction of sp³-hybridized carbons (Fsp3) is 0.700. The third-order valence-corrected chi connectivity index (χ3v) is 2.34. The molecule has 1 unspecified atom stereocenters. The fourth-order valence-electron chi connectivity index (χ4n) is 1.49. The monoisotopic (exact) mass is 225 g/mol. The Hall–Kier alpha value is -1.61. The van der Waals surface area contributed by atoms with Crippen LogP contribution in [0.25, 0.3) is 0 Å². The van der Waals surface area contributed by atoms with Crippen LogP contribution in [0.4, 0.5) is 0 Å². The van der Waals surface area contributed by atoms with Crippen LogP contribution in [0.2, 0.25) is 0 Å². The van der Waals surface area contributed by atoms with Crippen molar-refractivity contribution in [3.63, 3.8) is 0 Å². The second kappa shape index (κ2) is 6.80. The maximum absolute atomic E-state index is 11.2. The Bertz CT molecular complexity index is 292. The van der Waals surface area contributed by atoms with Crippen molar-refractivity contribution in [3.05, 3.63) is 0 Å². The summed E-state index contributed by atoms with van der Waals surface area (Å²) in [6, 6.07) is 1.73. The molecule has 0 aromatic carbocycles. The highest BCUT2D eigenvalue weighted by atomic mass is 16.5. The van der Waals surface area contributed by atoms with E-state index in [9.17, 15) is 9.59 Å². The molecular formula is C10H15N3O3. The van der Waals surface area contributed by atoms with Crippen LogP contribution in [0.15, 0.2) is 0 Å². The Labute approximate surface area is 93.9 Å². The molecule has 1 heterocycles. The first-order valence-corrected chi connectivity index (χ1v) is 5.24. The van der Waals surface area contributed by atoms with Gasteiger partial charge in [0.1, 0.15) is 6.54 Å². The number of hydrogen-bond acceptors (Lipinski definition) is 4. The quantitative estimate of drug-likeness (QED) is 0.484. The highest BCUT2D eigenvalue weighted by Crippen LogP contribution is 2.11. The first-order chi connectivity index (χ1) is 7.74. The smallest absolute Gasteiger partial charge is 0.310 e. The van der Waals surface area contributed by atoms with Gasteiger partial charge in [-0.25, -0.2) is 0 Å². The lowest BCUT2D eigenvalue weighted by atomic mass is 10.0. The van der Waals surface area contributed by atoms with Crippen LogP contribution >= 0.6 is 0 Å². The summed E-state index contributed by atoms with van der Waals surface area (Å²) >= 11 is 0. The van der Waals surface area contributed by atoms with Gasteiger partial charge in [-0.05, 0) is 18.8 Å². The molecule has 88 valence electrons. The molecule has 16 heavy (non-hydrogen) atoms. The van der Waals surface area contributed by atoms with Crippen molar-refractivity contribution in [2.75, 3.05) is 26.3 Å². The van der Waals surface area contributed by atoms with E-state index in [0.29, 0.717) is 13.2 Å². The van der Waals surface area contributed by atoms with E-state index in [1.54, 1.807) is 6.07 Å². The summed E-state index contributed by atoms with van der Waals surface area (Å²) in [6.07, 6.45) is 1.99. The molecule has 0 saturated carbocycles. The Kier molecular flexibility index (Phi) is 5.29. The van der Waals surface area contributed by atoms with Crippen molar-refractivity contribution in [1.82, 2.24) is 10.6 Å². The number of amides is 2. The summed E-state index contributed by atoms with van der Waals surface area (Å²) in [5, 5.41) is 12.9. The molecule has 1 fully saturated rings. The van der Waals surface area contributed by atoms with Gasteiger partial charge < -0.3 is 15.4 Å². The Morgan fingerprint density at radius 3 is 2.75 bits per heavy atom. The lowest BCUT2D eigenvalue weighted by Crippen LogP contribution is -2.42. The Balaban J connectivity index is 2.18. The minimum absolute atomic E-state index is 0.154. The topological polar surface area (TPSA) is 91.2 Å². The molecule has 0 aromatic rings. The number of carbonyl (C=O) groups excluding carboxylic acids is 2. The minimum atomic E-state index is -0.765. The van der Waals surface area contributed by atoms with Gasteiger partial charge in [0.15, 0.2) is 0 Å². The highest BCUT2D eigenvalue weighted by Gasteiger charge is 2.17. The maximum Gasteiger partial charge on any atom is 0.310 e. The second-order valence-electron chi connectivity index (χ2n) is 3.63. The SMILES string of the molecule is N#CCNC(=O)C(=O)NCC1CCCOC1. The molecule has 1 aliphatic rings. The first-order valence-electron chi connectivity index (χ1n) is 5.24. The molecular weight excluding hydrogens is 210 g/mol. The van der Waals surface area contributed by atoms with E-state index in [0.717, 1.165) is 19.4 Å². The van der Waals surface area contributed by atoms with Gasteiger partial charge in [0.25, 0.3) is 0 Å². The van der Waals surface area contributed by atoms with Crippen LogP contribution in [0.1, 0.15) is 12.8 Å². The average Bonchev–Trinajstić information content (AvgIpc) is 2.34. The zero-order valence-electron chi connectivity index (χ0n) is 8.99. The molecule has 1 atom stereocenters. The first kappa shape index (κ1) is 12.5. The summed E-state index contributed by atoms with van der Waals surface area (Å²) in [5.74, 6) is -1.18. The molecule has 2 amide bonds. The van der Waals surface area contributed by atoms with Crippen LogP contribution in [0, 0.1) is 17.2 Å². The van der Waals surface area contributed by atoms with Gasteiger partial charge in [0.05, 0.1) is 12.7 Å². The van der Waals surface area contributed by atoms with Gasteiger partial charge in [0.2, 0.25) is 0 Å². The van der Waals surface area contributed by atoms with Crippen LogP contribution in [0.5, 0.6) is 0 Å². The maximum atomic E-state index is 11.2. The molecule has 0 aliphatic carbocycles. The largest absolute Gasteiger partial charge is 0.381 e. The van der Waals surface area contributed by atoms with E-state index in [2.05, 4.69) is 10.6 Å². The van der Waals surface area contributed by atoms with Crippen LogP contribution in [-0.2, 0) is 14.3 Å². The number of ether oxygens (including phenoxy) is 1. The zero-order chi connectivity index (χ0) is 11.8. The van der Waals surface area contributed by atoms with E-state index < -0.39 is 11.8 Å². The summed E-state index contributed by atoms with van der Waals surface area (Å²) in [6.45, 7) is 1.69. The molecule has 6 heteroatoms. The van der Waals surface area contributed by atoms with Crippen molar-refractivity contribution < 1.29 is 14.3 Å². The molecule has 2 N–H and O–H groups in total. The third-order valence-electron chi connectivity index (χ3n) is 2.34. The Morgan fingerprint density at radius 2 is 2.12 bits per heavy atom. The number of carbonyl (C=O) groups is 2. The van der Waals surface area contributed by atoms with Gasteiger partial charge in [-0.1, -0.05) is 0 Å². The van der Waals surface area contributed by atoms with E-state index in [-0.39, 0.29) is 12.5 Å². The van der Waals surface area contributed by atoms with Gasteiger partial charge in [-0.2, -0.15) is 5.26 Å². The van der Waals surface area contributed by atoms with Crippen LogP contribution in [-0.4, -0.2) is 38.1 Å². The van der Waals surface area contributed by atoms with Crippen molar-refractivity contribution in [3.8, 4) is 6.07 Å². The lowest BCUT2D eigenvalue weighted by Gasteiger charge is -2.21. The van der Waals surface area contributed by atoms with E-state index in [1.165, 1.54) is 0 Å². The fourth-order valence-corrected chi connectivity index (χ4v) is 1.49. The zero-order valence-corrected chi connectivity index (χ0v) is 8.99. The lowest BCUT2D eigenvalue weighted by molar-refractivity contribution is -0.139. The molecule has 0 radical (unpaired) electrons. The Morgan fingerprint density at radius 1 is 1.38 bits per heavy atom. The number of nitriles is 1. The molecule has 6 nitrogen and oxygen atoms in total. The van der Waals surface area contributed by atoms with Crippen LogP contribution in [0.3, 0.4) is 0 Å². The number of hydrogen-bond donors (Lipinski definition) is 2. The molecule has 0 bridgehead atoms. The average molecular weight is 225 g/mol. The number of nitrogens with one attached hydrogen (secondary N) is 2. The van der Waals surface area contributed by atoms with Crippen molar-refractivity contribution in [1.29, 1.82) is 5.26 Å². The molecule has 1 rings (SSSR count).